The van der Waals surface area contributed by atoms with E-state index in [0.29, 0.717) is 5.95 Å². The fourth-order valence-electron chi connectivity index (χ4n) is 0.962. The third-order valence-corrected chi connectivity index (χ3v) is 2.31. The summed E-state index contributed by atoms with van der Waals surface area (Å²) in [4.78, 5) is 8.19. The second kappa shape index (κ2) is 5.66. The van der Waals surface area contributed by atoms with Crippen LogP contribution in [0.2, 0.25) is 0 Å². The van der Waals surface area contributed by atoms with E-state index in [0.717, 1.165) is 23.7 Å². The van der Waals surface area contributed by atoms with Gasteiger partial charge in [-0.15, -0.1) is 0 Å². The molecule has 0 aliphatic rings. The van der Waals surface area contributed by atoms with Crippen LogP contribution in [0, 0.1) is 6.92 Å². The van der Waals surface area contributed by atoms with Crippen molar-refractivity contribution in [2.45, 2.75) is 6.92 Å². The highest BCUT2D eigenvalue weighted by atomic mass is 32.2. The SMILES string of the molecule is CSCCNc1nc(NN)ncc1C. The molecule has 0 amide bonds. The first-order valence-corrected chi connectivity index (χ1v) is 5.70. The minimum Gasteiger partial charge on any atom is -0.369 e. The number of rotatable bonds is 5. The molecule has 0 bridgehead atoms. The van der Waals surface area contributed by atoms with Gasteiger partial charge in [0.15, 0.2) is 0 Å². The highest BCUT2D eigenvalue weighted by Crippen LogP contribution is 2.11. The Labute approximate surface area is 87.9 Å². The van der Waals surface area contributed by atoms with E-state index in [1.807, 2.05) is 6.92 Å². The molecular formula is C8H15N5S. The second-order valence-electron chi connectivity index (χ2n) is 2.79. The summed E-state index contributed by atoms with van der Waals surface area (Å²) < 4.78 is 0. The minimum absolute atomic E-state index is 0.433. The standard InChI is InChI=1S/C8H15N5S/c1-6-5-11-8(13-9)12-7(6)10-3-4-14-2/h5H,3-4,9H2,1-2H3,(H2,10,11,12,13). The van der Waals surface area contributed by atoms with Gasteiger partial charge in [0.2, 0.25) is 5.95 Å². The third-order valence-electron chi connectivity index (χ3n) is 1.70. The summed E-state index contributed by atoms with van der Waals surface area (Å²) in [5, 5.41) is 3.22. The quantitative estimate of drug-likeness (QED) is 0.382. The van der Waals surface area contributed by atoms with Gasteiger partial charge in [-0.1, -0.05) is 0 Å². The summed E-state index contributed by atoms with van der Waals surface area (Å²) in [6, 6.07) is 0. The van der Waals surface area contributed by atoms with Crippen molar-refractivity contribution in [3.8, 4) is 0 Å². The highest BCUT2D eigenvalue weighted by molar-refractivity contribution is 7.98. The van der Waals surface area contributed by atoms with Gasteiger partial charge in [0.1, 0.15) is 5.82 Å². The van der Waals surface area contributed by atoms with Crippen molar-refractivity contribution in [1.82, 2.24) is 9.97 Å². The molecule has 1 aromatic rings. The number of nitrogens with one attached hydrogen (secondary N) is 2. The van der Waals surface area contributed by atoms with E-state index in [1.165, 1.54) is 0 Å². The normalized spacial score (nSPS) is 9.93. The molecule has 0 saturated carbocycles. The lowest BCUT2D eigenvalue weighted by Crippen LogP contribution is -2.13. The van der Waals surface area contributed by atoms with Gasteiger partial charge in [-0.05, 0) is 13.2 Å². The summed E-state index contributed by atoms with van der Waals surface area (Å²) >= 11 is 1.79. The molecular weight excluding hydrogens is 198 g/mol. The van der Waals surface area contributed by atoms with Crippen LogP contribution in [0.3, 0.4) is 0 Å². The van der Waals surface area contributed by atoms with E-state index < -0.39 is 0 Å². The lowest BCUT2D eigenvalue weighted by Gasteiger charge is -2.08. The van der Waals surface area contributed by atoms with Gasteiger partial charge in [-0.3, -0.25) is 5.43 Å². The maximum Gasteiger partial charge on any atom is 0.239 e. The van der Waals surface area contributed by atoms with Crippen LogP contribution >= 0.6 is 11.8 Å². The van der Waals surface area contributed by atoms with Crippen LogP contribution < -0.4 is 16.6 Å². The molecule has 0 saturated heterocycles. The van der Waals surface area contributed by atoms with Crippen molar-refractivity contribution in [3.63, 3.8) is 0 Å². The average molecular weight is 213 g/mol. The highest BCUT2D eigenvalue weighted by Gasteiger charge is 2.01. The average Bonchev–Trinajstić information content (AvgIpc) is 2.21. The number of nitrogens with two attached hydrogens (primary N) is 1. The Morgan fingerprint density at radius 2 is 2.36 bits per heavy atom. The molecule has 0 aliphatic carbocycles. The lowest BCUT2D eigenvalue weighted by molar-refractivity contribution is 1.07. The van der Waals surface area contributed by atoms with Gasteiger partial charge in [0.25, 0.3) is 0 Å². The van der Waals surface area contributed by atoms with Gasteiger partial charge in [-0.2, -0.15) is 16.7 Å². The molecule has 0 aliphatic heterocycles. The van der Waals surface area contributed by atoms with Gasteiger partial charge in [-0.25, -0.2) is 10.8 Å². The molecule has 0 atom stereocenters. The van der Waals surface area contributed by atoms with Crippen molar-refractivity contribution < 1.29 is 0 Å². The monoisotopic (exact) mass is 213 g/mol. The maximum absolute atomic E-state index is 5.22. The van der Waals surface area contributed by atoms with Crippen LogP contribution in [-0.2, 0) is 0 Å². The molecule has 1 aromatic heterocycles. The summed E-state index contributed by atoms with van der Waals surface area (Å²) in [6.45, 7) is 2.85. The lowest BCUT2D eigenvalue weighted by atomic mass is 10.3. The van der Waals surface area contributed by atoms with Crippen molar-refractivity contribution >= 4 is 23.5 Å². The number of hydrogen-bond donors (Lipinski definition) is 3. The van der Waals surface area contributed by atoms with Crippen LogP contribution in [0.5, 0.6) is 0 Å². The molecule has 1 rings (SSSR count). The molecule has 1 heterocycles. The Morgan fingerprint density at radius 1 is 1.57 bits per heavy atom. The number of thioether (sulfide) groups is 1. The molecule has 4 N–H and O–H groups in total. The number of anilines is 2. The van der Waals surface area contributed by atoms with Gasteiger partial charge < -0.3 is 5.32 Å². The molecule has 6 heteroatoms. The second-order valence-corrected chi connectivity index (χ2v) is 3.77. The van der Waals surface area contributed by atoms with Crippen molar-refractivity contribution in [3.05, 3.63) is 11.8 Å². The Morgan fingerprint density at radius 3 is 3.00 bits per heavy atom. The van der Waals surface area contributed by atoms with Crippen LogP contribution in [0.25, 0.3) is 0 Å². The largest absolute Gasteiger partial charge is 0.369 e. The third kappa shape index (κ3) is 3.04. The van der Waals surface area contributed by atoms with E-state index in [2.05, 4.69) is 27.0 Å². The van der Waals surface area contributed by atoms with E-state index in [1.54, 1.807) is 18.0 Å². The van der Waals surface area contributed by atoms with Crippen LogP contribution in [-0.4, -0.2) is 28.5 Å². The summed E-state index contributed by atoms with van der Waals surface area (Å²) in [7, 11) is 0. The number of hydrazine groups is 1. The smallest absolute Gasteiger partial charge is 0.239 e. The molecule has 0 radical (unpaired) electrons. The van der Waals surface area contributed by atoms with Crippen molar-refractivity contribution in [1.29, 1.82) is 0 Å². The fraction of sp³-hybridized carbons (Fsp3) is 0.500. The molecule has 0 aromatic carbocycles. The van der Waals surface area contributed by atoms with E-state index >= 15 is 0 Å². The Balaban J connectivity index is 2.64. The summed E-state index contributed by atoms with van der Waals surface area (Å²) in [6.07, 6.45) is 3.81. The van der Waals surface area contributed by atoms with Crippen LogP contribution in [0.15, 0.2) is 6.20 Å². The molecule has 0 unspecified atom stereocenters. The van der Waals surface area contributed by atoms with E-state index in [4.69, 9.17) is 5.84 Å². The Kier molecular flexibility index (Phi) is 4.48. The molecule has 0 fully saturated rings. The van der Waals surface area contributed by atoms with Gasteiger partial charge in [0.05, 0.1) is 0 Å². The topological polar surface area (TPSA) is 75.9 Å². The van der Waals surface area contributed by atoms with Crippen molar-refractivity contribution in [2.75, 3.05) is 29.3 Å². The van der Waals surface area contributed by atoms with Gasteiger partial charge >= 0.3 is 0 Å². The summed E-state index contributed by atoms with van der Waals surface area (Å²) in [5.74, 6) is 7.53. The molecule has 5 nitrogen and oxygen atoms in total. The molecule has 0 spiro atoms. The van der Waals surface area contributed by atoms with E-state index in [9.17, 15) is 0 Å². The Hall–Kier alpha value is -1.01. The fourth-order valence-corrected chi connectivity index (χ4v) is 1.27. The van der Waals surface area contributed by atoms with Gasteiger partial charge in [0, 0.05) is 24.1 Å². The maximum atomic E-state index is 5.22. The number of aryl methyl sites for hydroxylation is 1. The number of nitrogens with zero attached hydrogens (tertiary/aromatic N) is 2. The zero-order chi connectivity index (χ0) is 10.4. The number of nitrogen functional groups attached to an aromatic ring is 1. The van der Waals surface area contributed by atoms with E-state index in [-0.39, 0.29) is 0 Å². The first-order chi connectivity index (χ1) is 6.77. The van der Waals surface area contributed by atoms with Crippen LogP contribution in [0.4, 0.5) is 11.8 Å². The molecule has 78 valence electrons. The predicted molar refractivity (Wildman–Crippen MR) is 61.5 cm³/mol. The predicted octanol–water partition coefficient (Wildman–Crippen LogP) is 0.846. The zero-order valence-corrected chi connectivity index (χ0v) is 9.19. The molecule has 14 heavy (non-hydrogen) atoms. The Bertz CT molecular complexity index is 291. The number of aromatic nitrogens is 2. The first-order valence-electron chi connectivity index (χ1n) is 4.31. The minimum atomic E-state index is 0.433. The summed E-state index contributed by atoms with van der Waals surface area (Å²) in [5.41, 5.74) is 3.44. The number of hydrogen-bond acceptors (Lipinski definition) is 6. The first kappa shape index (κ1) is 11.1. The zero-order valence-electron chi connectivity index (χ0n) is 8.37. The van der Waals surface area contributed by atoms with Crippen molar-refractivity contribution in [2.24, 2.45) is 5.84 Å². The van der Waals surface area contributed by atoms with Crippen LogP contribution in [0.1, 0.15) is 5.56 Å².